The highest BCUT2D eigenvalue weighted by molar-refractivity contribution is 7.89. The highest BCUT2D eigenvalue weighted by atomic mass is 32.2. The van der Waals surface area contributed by atoms with Crippen molar-refractivity contribution in [2.24, 2.45) is 0 Å². The maximum atomic E-state index is 12.3. The standard InChI is InChI=1S/C17H18N2O4S/c1-22-10-11-23-16-8-6-14(7-9-16)13-19-24(20,21)17-5-3-2-4-15(17)12-18/h2-9,19H,10-11,13H2,1H3. The van der Waals surface area contributed by atoms with E-state index in [0.717, 1.165) is 5.56 Å². The molecular weight excluding hydrogens is 328 g/mol. The van der Waals surface area contributed by atoms with Crippen LogP contribution in [0.3, 0.4) is 0 Å². The number of sulfonamides is 1. The number of nitriles is 1. The molecule has 0 aliphatic carbocycles. The van der Waals surface area contributed by atoms with E-state index in [0.29, 0.717) is 19.0 Å². The second kappa shape index (κ2) is 8.45. The Morgan fingerprint density at radius 1 is 1.08 bits per heavy atom. The number of nitrogens with zero attached hydrogens (tertiary/aromatic N) is 1. The number of hydrogen-bond donors (Lipinski definition) is 1. The van der Waals surface area contributed by atoms with Crippen LogP contribution in [-0.2, 0) is 21.3 Å². The molecular formula is C17H18N2O4S. The van der Waals surface area contributed by atoms with Gasteiger partial charge in [0.1, 0.15) is 18.4 Å². The smallest absolute Gasteiger partial charge is 0.242 e. The molecule has 0 saturated carbocycles. The van der Waals surface area contributed by atoms with Gasteiger partial charge in [-0.1, -0.05) is 24.3 Å². The third-order valence-electron chi connectivity index (χ3n) is 3.24. The molecule has 0 heterocycles. The van der Waals surface area contributed by atoms with E-state index in [4.69, 9.17) is 14.7 Å². The van der Waals surface area contributed by atoms with Gasteiger partial charge >= 0.3 is 0 Å². The van der Waals surface area contributed by atoms with Crippen molar-refractivity contribution in [3.8, 4) is 11.8 Å². The normalized spacial score (nSPS) is 11.0. The van der Waals surface area contributed by atoms with Gasteiger partial charge in [-0.15, -0.1) is 0 Å². The summed E-state index contributed by atoms with van der Waals surface area (Å²) in [6.45, 7) is 1.08. The molecule has 0 aliphatic rings. The fraction of sp³-hybridized carbons (Fsp3) is 0.235. The molecule has 6 nitrogen and oxygen atoms in total. The van der Waals surface area contributed by atoms with Gasteiger partial charge in [0.2, 0.25) is 10.0 Å². The lowest BCUT2D eigenvalue weighted by atomic mass is 10.2. The number of nitrogens with one attached hydrogen (secondary N) is 1. The van der Waals surface area contributed by atoms with Crippen LogP contribution < -0.4 is 9.46 Å². The van der Waals surface area contributed by atoms with Crippen LogP contribution in [0.1, 0.15) is 11.1 Å². The monoisotopic (exact) mass is 346 g/mol. The molecule has 0 radical (unpaired) electrons. The molecule has 2 aromatic carbocycles. The van der Waals surface area contributed by atoms with Crippen molar-refractivity contribution in [2.45, 2.75) is 11.4 Å². The zero-order valence-electron chi connectivity index (χ0n) is 13.2. The first-order valence-electron chi connectivity index (χ1n) is 7.26. The van der Waals surface area contributed by atoms with Gasteiger partial charge in [0, 0.05) is 13.7 Å². The van der Waals surface area contributed by atoms with E-state index < -0.39 is 10.0 Å². The molecule has 0 unspecified atom stereocenters. The van der Waals surface area contributed by atoms with Gasteiger partial charge in [0.15, 0.2) is 0 Å². The van der Waals surface area contributed by atoms with Crippen LogP contribution in [0.4, 0.5) is 0 Å². The van der Waals surface area contributed by atoms with E-state index in [1.807, 2.05) is 6.07 Å². The lowest BCUT2D eigenvalue weighted by Crippen LogP contribution is -2.24. The summed E-state index contributed by atoms with van der Waals surface area (Å²) in [7, 11) is -2.15. The number of rotatable bonds is 8. The van der Waals surface area contributed by atoms with Crippen molar-refractivity contribution in [3.05, 3.63) is 59.7 Å². The fourth-order valence-corrected chi connectivity index (χ4v) is 3.17. The number of ether oxygens (including phenoxy) is 2. The van der Waals surface area contributed by atoms with Crippen LogP contribution in [-0.4, -0.2) is 28.7 Å². The third-order valence-corrected chi connectivity index (χ3v) is 4.70. The Morgan fingerprint density at radius 3 is 2.46 bits per heavy atom. The summed E-state index contributed by atoms with van der Waals surface area (Å²) in [6, 6.07) is 15.1. The maximum Gasteiger partial charge on any atom is 0.242 e. The van der Waals surface area contributed by atoms with Crippen LogP contribution in [0, 0.1) is 11.3 Å². The van der Waals surface area contributed by atoms with Crippen molar-refractivity contribution in [1.82, 2.24) is 4.72 Å². The zero-order valence-corrected chi connectivity index (χ0v) is 14.0. The molecule has 24 heavy (non-hydrogen) atoms. The van der Waals surface area contributed by atoms with E-state index in [2.05, 4.69) is 4.72 Å². The second-order valence-corrected chi connectivity index (χ2v) is 6.65. The van der Waals surface area contributed by atoms with Crippen LogP contribution in [0.2, 0.25) is 0 Å². The quantitative estimate of drug-likeness (QED) is 0.739. The first-order valence-corrected chi connectivity index (χ1v) is 8.74. The zero-order chi connectivity index (χ0) is 17.4. The molecule has 0 atom stereocenters. The SMILES string of the molecule is COCCOc1ccc(CNS(=O)(=O)c2ccccc2C#N)cc1. The lowest BCUT2D eigenvalue weighted by molar-refractivity contribution is 0.146. The van der Waals surface area contributed by atoms with E-state index >= 15 is 0 Å². The van der Waals surface area contributed by atoms with E-state index in [9.17, 15) is 8.42 Å². The summed E-state index contributed by atoms with van der Waals surface area (Å²) in [4.78, 5) is -0.0213. The molecule has 2 aromatic rings. The van der Waals surface area contributed by atoms with Crippen molar-refractivity contribution in [2.75, 3.05) is 20.3 Å². The molecule has 1 N–H and O–H groups in total. The highest BCUT2D eigenvalue weighted by Crippen LogP contribution is 2.16. The largest absolute Gasteiger partial charge is 0.491 e. The Hall–Kier alpha value is -2.40. The Bertz CT molecular complexity index is 811. The van der Waals surface area contributed by atoms with Gasteiger partial charge in [0.05, 0.1) is 17.1 Å². The average molecular weight is 346 g/mol. The summed E-state index contributed by atoms with van der Waals surface area (Å²) in [5, 5.41) is 9.02. The molecule has 0 spiro atoms. The summed E-state index contributed by atoms with van der Waals surface area (Å²) in [5.74, 6) is 0.688. The number of methoxy groups -OCH3 is 1. The highest BCUT2D eigenvalue weighted by Gasteiger charge is 2.17. The topological polar surface area (TPSA) is 88.4 Å². The Balaban J connectivity index is 2.01. The number of benzene rings is 2. The van der Waals surface area contributed by atoms with Crippen LogP contribution in [0.15, 0.2) is 53.4 Å². The molecule has 0 aromatic heterocycles. The van der Waals surface area contributed by atoms with Crippen LogP contribution >= 0.6 is 0 Å². The van der Waals surface area contributed by atoms with E-state index in [1.54, 1.807) is 43.5 Å². The Morgan fingerprint density at radius 2 is 1.79 bits per heavy atom. The summed E-state index contributed by atoms with van der Waals surface area (Å²) in [5.41, 5.74) is 0.902. The minimum atomic E-state index is -3.75. The molecule has 0 fully saturated rings. The molecule has 0 amide bonds. The summed E-state index contributed by atoms with van der Waals surface area (Å²) < 4.78 is 37.5. The summed E-state index contributed by atoms with van der Waals surface area (Å²) in [6.07, 6.45) is 0. The third kappa shape index (κ3) is 4.80. The molecule has 0 aliphatic heterocycles. The van der Waals surface area contributed by atoms with Crippen molar-refractivity contribution in [1.29, 1.82) is 5.26 Å². The predicted octanol–water partition coefficient (Wildman–Crippen LogP) is 2.06. The molecule has 2 rings (SSSR count). The van der Waals surface area contributed by atoms with Crippen molar-refractivity contribution in [3.63, 3.8) is 0 Å². The van der Waals surface area contributed by atoms with Crippen LogP contribution in [0.25, 0.3) is 0 Å². The minimum absolute atomic E-state index is 0.0213. The van der Waals surface area contributed by atoms with Gasteiger partial charge in [-0.3, -0.25) is 0 Å². The first kappa shape index (κ1) is 17.9. The van der Waals surface area contributed by atoms with Gasteiger partial charge in [0.25, 0.3) is 0 Å². The molecule has 126 valence electrons. The van der Waals surface area contributed by atoms with Crippen molar-refractivity contribution < 1.29 is 17.9 Å². The van der Waals surface area contributed by atoms with E-state index in [1.165, 1.54) is 12.1 Å². The number of hydrogen-bond acceptors (Lipinski definition) is 5. The van der Waals surface area contributed by atoms with E-state index in [-0.39, 0.29) is 17.0 Å². The fourth-order valence-electron chi connectivity index (χ4n) is 2.00. The first-order chi connectivity index (χ1) is 11.6. The summed E-state index contributed by atoms with van der Waals surface area (Å²) >= 11 is 0. The Kier molecular flexibility index (Phi) is 6.32. The lowest BCUT2D eigenvalue weighted by Gasteiger charge is -2.09. The Labute approximate surface area is 141 Å². The maximum absolute atomic E-state index is 12.3. The van der Waals surface area contributed by atoms with Gasteiger partial charge in [-0.2, -0.15) is 5.26 Å². The van der Waals surface area contributed by atoms with Gasteiger partial charge < -0.3 is 9.47 Å². The minimum Gasteiger partial charge on any atom is -0.491 e. The predicted molar refractivity (Wildman–Crippen MR) is 89.0 cm³/mol. The second-order valence-electron chi connectivity index (χ2n) is 4.92. The van der Waals surface area contributed by atoms with Crippen LogP contribution in [0.5, 0.6) is 5.75 Å². The molecule has 0 bridgehead atoms. The average Bonchev–Trinajstić information content (AvgIpc) is 2.61. The molecule has 0 saturated heterocycles. The molecule has 7 heteroatoms. The van der Waals surface area contributed by atoms with Crippen molar-refractivity contribution >= 4 is 10.0 Å². The van der Waals surface area contributed by atoms with Gasteiger partial charge in [-0.05, 0) is 29.8 Å². The van der Waals surface area contributed by atoms with Gasteiger partial charge in [-0.25, -0.2) is 13.1 Å².